The summed E-state index contributed by atoms with van der Waals surface area (Å²) in [6.07, 6.45) is 8.01. The molecule has 0 aromatic rings. The van der Waals surface area contributed by atoms with Crippen LogP contribution in [0.1, 0.15) is 58.8 Å². The van der Waals surface area contributed by atoms with Crippen molar-refractivity contribution in [2.45, 2.75) is 77.1 Å². The lowest BCUT2D eigenvalue weighted by Crippen LogP contribution is -2.62. The summed E-state index contributed by atoms with van der Waals surface area (Å²) in [4.78, 5) is 0. The molecular formula is C20H32O3. The fourth-order valence-corrected chi connectivity index (χ4v) is 7.12. The average molecular weight is 320 g/mol. The molecule has 9 atom stereocenters. The maximum absolute atomic E-state index is 11.0. The Bertz CT molecular complexity index is 501. The van der Waals surface area contributed by atoms with Crippen LogP contribution in [0, 0.1) is 35.0 Å². The van der Waals surface area contributed by atoms with Crippen LogP contribution in [-0.2, 0) is 0 Å². The van der Waals surface area contributed by atoms with Crippen molar-refractivity contribution in [3.8, 4) is 0 Å². The highest BCUT2D eigenvalue weighted by molar-refractivity contribution is 5.19. The molecule has 0 aromatic heterocycles. The molecule has 0 aromatic carbocycles. The van der Waals surface area contributed by atoms with Crippen molar-refractivity contribution in [1.82, 2.24) is 0 Å². The van der Waals surface area contributed by atoms with E-state index in [0.29, 0.717) is 24.2 Å². The van der Waals surface area contributed by atoms with Crippen LogP contribution in [-0.4, -0.2) is 33.6 Å². The Morgan fingerprint density at radius 3 is 2.52 bits per heavy atom. The largest absolute Gasteiger partial charge is 0.393 e. The molecule has 0 amide bonds. The number of hydrogen-bond donors (Lipinski definition) is 3. The summed E-state index contributed by atoms with van der Waals surface area (Å²) in [5, 5.41) is 31.9. The van der Waals surface area contributed by atoms with Gasteiger partial charge in [-0.3, -0.25) is 0 Å². The standard InChI is InChI=1S/C20H32O3/c1-3-11-4-5-14-13(11)6-7-15-17(14)19(23)18(22)16-10-12(21)8-9-20(15,16)2/h3,12-19,21-23H,4-10H2,1-2H3/b11-3-/t12-,13?,14?,15?,16?,17?,18+,19?,20+/m0/s1. The van der Waals surface area contributed by atoms with Gasteiger partial charge in [0.1, 0.15) is 0 Å². The highest BCUT2D eigenvalue weighted by atomic mass is 16.3. The number of aliphatic hydroxyl groups excluding tert-OH is 3. The molecule has 23 heavy (non-hydrogen) atoms. The highest BCUT2D eigenvalue weighted by Gasteiger charge is 2.61. The zero-order valence-corrected chi connectivity index (χ0v) is 14.5. The fourth-order valence-electron chi connectivity index (χ4n) is 7.12. The van der Waals surface area contributed by atoms with Gasteiger partial charge in [0.2, 0.25) is 0 Å². The van der Waals surface area contributed by atoms with E-state index in [9.17, 15) is 15.3 Å². The lowest BCUT2D eigenvalue weighted by molar-refractivity contribution is -0.210. The van der Waals surface area contributed by atoms with Crippen molar-refractivity contribution in [3.05, 3.63) is 11.6 Å². The average Bonchev–Trinajstić information content (AvgIpc) is 2.97. The van der Waals surface area contributed by atoms with Crippen LogP contribution >= 0.6 is 0 Å². The van der Waals surface area contributed by atoms with Gasteiger partial charge in [-0.05, 0) is 86.9 Å². The molecule has 3 nitrogen and oxygen atoms in total. The Morgan fingerprint density at radius 2 is 1.78 bits per heavy atom. The molecule has 4 aliphatic carbocycles. The van der Waals surface area contributed by atoms with Gasteiger partial charge >= 0.3 is 0 Å². The Hall–Kier alpha value is -0.380. The molecule has 0 heterocycles. The van der Waals surface area contributed by atoms with Gasteiger partial charge in [0.05, 0.1) is 18.3 Å². The van der Waals surface area contributed by atoms with Crippen molar-refractivity contribution in [2.75, 3.05) is 0 Å². The molecule has 0 radical (unpaired) electrons. The van der Waals surface area contributed by atoms with Gasteiger partial charge in [-0.2, -0.15) is 0 Å². The smallest absolute Gasteiger partial charge is 0.0836 e. The van der Waals surface area contributed by atoms with E-state index in [4.69, 9.17) is 0 Å². The first-order valence-corrected chi connectivity index (χ1v) is 9.66. The first-order chi connectivity index (χ1) is 11.0. The minimum Gasteiger partial charge on any atom is -0.393 e. The van der Waals surface area contributed by atoms with E-state index in [1.165, 1.54) is 25.7 Å². The summed E-state index contributed by atoms with van der Waals surface area (Å²) in [6.45, 7) is 4.48. The molecule has 3 N–H and O–H groups in total. The van der Waals surface area contributed by atoms with Crippen LogP contribution in [0.4, 0.5) is 0 Å². The minimum atomic E-state index is -0.662. The second kappa shape index (κ2) is 5.57. The van der Waals surface area contributed by atoms with E-state index in [2.05, 4.69) is 19.9 Å². The van der Waals surface area contributed by atoms with Crippen molar-refractivity contribution >= 4 is 0 Å². The summed E-state index contributed by atoms with van der Waals surface area (Å²) in [7, 11) is 0. The van der Waals surface area contributed by atoms with Crippen molar-refractivity contribution < 1.29 is 15.3 Å². The molecule has 4 rings (SSSR count). The van der Waals surface area contributed by atoms with Gasteiger partial charge in [-0.25, -0.2) is 0 Å². The molecule has 0 spiro atoms. The fraction of sp³-hybridized carbons (Fsp3) is 0.900. The summed E-state index contributed by atoms with van der Waals surface area (Å²) in [5.41, 5.74) is 1.67. The predicted octanol–water partition coefficient (Wildman–Crippen LogP) is 2.89. The third-order valence-corrected chi connectivity index (χ3v) is 8.27. The van der Waals surface area contributed by atoms with Crippen molar-refractivity contribution in [1.29, 1.82) is 0 Å². The van der Waals surface area contributed by atoms with E-state index in [1.54, 1.807) is 5.57 Å². The van der Waals surface area contributed by atoms with E-state index in [1.807, 2.05) is 0 Å². The highest BCUT2D eigenvalue weighted by Crippen LogP contribution is 2.63. The Morgan fingerprint density at radius 1 is 1.00 bits per heavy atom. The normalized spacial score (nSPS) is 57.7. The van der Waals surface area contributed by atoms with Crippen LogP contribution in [0.15, 0.2) is 11.6 Å². The maximum atomic E-state index is 11.0. The number of rotatable bonds is 0. The first-order valence-electron chi connectivity index (χ1n) is 9.66. The van der Waals surface area contributed by atoms with Gasteiger partial charge in [-0.15, -0.1) is 0 Å². The molecule has 130 valence electrons. The molecule has 0 aliphatic heterocycles. The number of aliphatic hydroxyl groups is 3. The monoisotopic (exact) mass is 320 g/mol. The summed E-state index contributed by atoms with van der Waals surface area (Å²) < 4.78 is 0. The van der Waals surface area contributed by atoms with Gasteiger partial charge < -0.3 is 15.3 Å². The summed E-state index contributed by atoms with van der Waals surface area (Å²) >= 11 is 0. The van der Waals surface area contributed by atoms with Crippen LogP contribution < -0.4 is 0 Å². The SMILES string of the molecule is C/C=C1/CCC2C1CCC1C2C(O)[C@H](O)C2C[C@@H](O)CC[C@]12C. The van der Waals surface area contributed by atoms with Crippen LogP contribution in [0.25, 0.3) is 0 Å². The van der Waals surface area contributed by atoms with Gasteiger partial charge in [0.15, 0.2) is 0 Å². The van der Waals surface area contributed by atoms with Crippen LogP contribution in [0.5, 0.6) is 0 Å². The second-order valence-corrected chi connectivity index (χ2v) is 8.96. The predicted molar refractivity (Wildman–Crippen MR) is 89.7 cm³/mol. The van der Waals surface area contributed by atoms with Crippen LogP contribution in [0.2, 0.25) is 0 Å². The van der Waals surface area contributed by atoms with E-state index in [-0.39, 0.29) is 23.4 Å². The molecule has 4 saturated carbocycles. The molecule has 4 fully saturated rings. The number of hydrogen-bond acceptors (Lipinski definition) is 3. The van der Waals surface area contributed by atoms with E-state index >= 15 is 0 Å². The third-order valence-electron chi connectivity index (χ3n) is 8.27. The lowest BCUT2D eigenvalue weighted by atomic mass is 9.45. The van der Waals surface area contributed by atoms with Gasteiger partial charge in [-0.1, -0.05) is 18.6 Å². The molecule has 0 saturated heterocycles. The van der Waals surface area contributed by atoms with E-state index < -0.39 is 12.2 Å². The van der Waals surface area contributed by atoms with Crippen molar-refractivity contribution in [2.24, 2.45) is 35.0 Å². The summed E-state index contributed by atoms with van der Waals surface area (Å²) in [6, 6.07) is 0. The first kappa shape index (κ1) is 16.1. The number of fused-ring (bicyclic) bond motifs is 5. The molecular weight excluding hydrogens is 288 g/mol. The second-order valence-electron chi connectivity index (χ2n) is 8.96. The Balaban J connectivity index is 1.69. The zero-order valence-electron chi connectivity index (χ0n) is 14.5. The molecule has 6 unspecified atom stereocenters. The van der Waals surface area contributed by atoms with Gasteiger partial charge in [0.25, 0.3) is 0 Å². The zero-order chi connectivity index (χ0) is 16.4. The van der Waals surface area contributed by atoms with Gasteiger partial charge in [0, 0.05) is 0 Å². The Labute approximate surface area is 139 Å². The maximum Gasteiger partial charge on any atom is 0.0836 e. The van der Waals surface area contributed by atoms with E-state index in [0.717, 1.165) is 12.8 Å². The number of allylic oxidation sites excluding steroid dienone is 2. The summed E-state index contributed by atoms with van der Waals surface area (Å²) in [5.74, 6) is 2.00. The van der Waals surface area contributed by atoms with Crippen LogP contribution in [0.3, 0.4) is 0 Å². The quantitative estimate of drug-likeness (QED) is 0.602. The molecule has 0 bridgehead atoms. The topological polar surface area (TPSA) is 60.7 Å². The Kier molecular flexibility index (Phi) is 3.90. The minimum absolute atomic E-state index is 0.0571. The third kappa shape index (κ3) is 2.19. The lowest BCUT2D eigenvalue weighted by Gasteiger charge is -2.61. The van der Waals surface area contributed by atoms with Crippen molar-refractivity contribution in [3.63, 3.8) is 0 Å². The molecule has 4 aliphatic rings. The molecule has 3 heteroatoms.